The molecule has 310 valence electrons. The first kappa shape index (κ1) is 44.5. The second-order valence-electron chi connectivity index (χ2n) is 19.2. The molecule has 0 aromatic rings. The third-order valence-corrected chi connectivity index (χ3v) is 13.5. The summed E-state index contributed by atoms with van der Waals surface area (Å²) < 4.78 is 0. The maximum absolute atomic E-state index is 14.9. The molecule has 4 N–H and O–H groups in total. The fourth-order valence-electron chi connectivity index (χ4n) is 9.14. The van der Waals surface area contributed by atoms with Crippen LogP contribution in [0.1, 0.15) is 152 Å². The minimum Gasteiger partial charge on any atom is -0.356 e. The highest BCUT2D eigenvalue weighted by Gasteiger charge is 2.70. The van der Waals surface area contributed by atoms with Crippen LogP contribution in [-0.2, 0) is 19.2 Å². The molecular formula is C45H75N5O5. The summed E-state index contributed by atoms with van der Waals surface area (Å²) in [5, 5.41) is 12.4. The van der Waals surface area contributed by atoms with E-state index in [0.29, 0.717) is 62.6 Å². The zero-order valence-electron chi connectivity index (χ0n) is 35.6. The van der Waals surface area contributed by atoms with Crippen LogP contribution >= 0.6 is 0 Å². The number of rotatable bonds is 19. The number of ketones is 1. The first-order valence-corrected chi connectivity index (χ1v) is 21.7. The molecule has 5 amide bonds. The number of nitrogens with zero attached hydrogens (tertiary/aromatic N) is 1. The quantitative estimate of drug-likeness (QED) is 0.0793. The van der Waals surface area contributed by atoms with Crippen molar-refractivity contribution in [2.45, 2.75) is 176 Å². The molecule has 0 radical (unpaired) electrons. The number of fused-ring (bicyclic) bond motifs is 1. The number of carbonyl (C=O) groups is 5. The fourth-order valence-corrected chi connectivity index (χ4v) is 9.14. The maximum atomic E-state index is 14.9. The van der Waals surface area contributed by atoms with Gasteiger partial charge in [0.15, 0.2) is 5.78 Å². The molecule has 0 aromatic heterocycles. The average molecular weight is 766 g/mol. The summed E-state index contributed by atoms with van der Waals surface area (Å²) in [5.74, 6) is 0.671. The Labute approximate surface area is 332 Å². The van der Waals surface area contributed by atoms with Crippen molar-refractivity contribution >= 4 is 29.5 Å². The van der Waals surface area contributed by atoms with Crippen LogP contribution in [0.15, 0.2) is 24.8 Å². The van der Waals surface area contributed by atoms with Crippen molar-refractivity contribution in [3.05, 3.63) is 24.8 Å². The molecule has 4 unspecified atom stereocenters. The lowest BCUT2D eigenvalue weighted by molar-refractivity contribution is -0.145. The minimum absolute atomic E-state index is 0.00599. The Balaban J connectivity index is 0.00000331. The Kier molecular flexibility index (Phi) is 15.3. The summed E-state index contributed by atoms with van der Waals surface area (Å²) in [5.41, 5.74) is -0.429. The van der Waals surface area contributed by atoms with E-state index in [2.05, 4.69) is 55.2 Å². The predicted octanol–water partition coefficient (Wildman–Crippen LogP) is 7.62. The third kappa shape index (κ3) is 11.7. The van der Waals surface area contributed by atoms with Crippen molar-refractivity contribution in [1.82, 2.24) is 26.2 Å². The largest absolute Gasteiger partial charge is 0.356 e. The summed E-state index contributed by atoms with van der Waals surface area (Å²) in [4.78, 5) is 71.3. The zero-order valence-corrected chi connectivity index (χ0v) is 35.6. The second-order valence-corrected chi connectivity index (χ2v) is 19.2. The van der Waals surface area contributed by atoms with Crippen molar-refractivity contribution in [1.29, 1.82) is 0 Å². The van der Waals surface area contributed by atoms with Gasteiger partial charge in [-0.2, -0.15) is 0 Å². The molecule has 1 saturated heterocycles. The number of piperidine rings is 1. The molecule has 5 fully saturated rings. The molecule has 1 heterocycles. The lowest BCUT2D eigenvalue weighted by atomic mass is 9.70. The molecule has 1 aliphatic heterocycles. The van der Waals surface area contributed by atoms with Crippen molar-refractivity contribution in [2.24, 2.45) is 39.9 Å². The second kappa shape index (κ2) is 18.8. The molecule has 4 saturated carbocycles. The Morgan fingerprint density at radius 1 is 0.873 bits per heavy atom. The summed E-state index contributed by atoms with van der Waals surface area (Å²) in [7, 11) is 0. The van der Waals surface area contributed by atoms with Gasteiger partial charge in [-0.15, -0.1) is 6.58 Å². The molecule has 10 nitrogen and oxygen atoms in total. The van der Waals surface area contributed by atoms with Crippen LogP contribution in [0.3, 0.4) is 0 Å². The topological polar surface area (TPSA) is 137 Å². The maximum Gasteiger partial charge on any atom is 0.315 e. The lowest BCUT2D eigenvalue weighted by Crippen LogP contribution is -2.63. The van der Waals surface area contributed by atoms with Crippen molar-refractivity contribution in [2.75, 3.05) is 13.1 Å². The van der Waals surface area contributed by atoms with Gasteiger partial charge in [0.05, 0.1) is 6.04 Å². The molecular weight excluding hydrogens is 691 g/mol. The van der Waals surface area contributed by atoms with E-state index in [1.165, 1.54) is 12.8 Å². The van der Waals surface area contributed by atoms with E-state index in [1.807, 2.05) is 34.6 Å². The fraction of sp³-hybridized carbons (Fsp3) is 0.800. The van der Waals surface area contributed by atoms with Gasteiger partial charge < -0.3 is 26.2 Å². The van der Waals surface area contributed by atoms with Crippen molar-refractivity contribution in [3.8, 4) is 0 Å². The highest BCUT2D eigenvalue weighted by molar-refractivity contribution is 6.02. The summed E-state index contributed by atoms with van der Waals surface area (Å²) in [6.07, 6.45) is 14.4. The number of Topliss-reactive ketones (excluding diaryl/α,β-unsaturated/α-hetero) is 1. The van der Waals surface area contributed by atoms with Crippen LogP contribution in [0.2, 0.25) is 0 Å². The number of nitrogens with one attached hydrogen (secondary N) is 4. The van der Waals surface area contributed by atoms with Gasteiger partial charge in [0.1, 0.15) is 12.1 Å². The number of urea groups is 1. The SMILES string of the molecule is C=CCCC(=C)C(=O)C(CCC1CC1)NC(=O)C1[C@@H]2[C@H](CN1C(=O)C(NC(=O)NC(CCC(=O)NCC1CC1)C(C)(C)C)C1(C)CCCCC1)C2(C)C.CC. The van der Waals surface area contributed by atoms with Crippen LogP contribution < -0.4 is 21.3 Å². The van der Waals surface area contributed by atoms with Gasteiger partial charge in [-0.3, -0.25) is 19.2 Å². The van der Waals surface area contributed by atoms with Crippen LogP contribution in [0.4, 0.5) is 4.79 Å². The smallest absolute Gasteiger partial charge is 0.315 e. The molecule has 0 spiro atoms. The molecule has 5 rings (SSSR count). The molecule has 0 aromatic carbocycles. The molecule has 4 aliphatic carbocycles. The van der Waals surface area contributed by atoms with Gasteiger partial charge in [0, 0.05) is 25.6 Å². The number of allylic oxidation sites excluding steroid dienone is 1. The van der Waals surface area contributed by atoms with Gasteiger partial charge in [-0.1, -0.05) is 100 Å². The van der Waals surface area contributed by atoms with Gasteiger partial charge in [-0.25, -0.2) is 4.79 Å². The van der Waals surface area contributed by atoms with E-state index >= 15 is 0 Å². The van der Waals surface area contributed by atoms with E-state index in [-0.39, 0.29) is 52.2 Å². The lowest BCUT2D eigenvalue weighted by Gasteiger charge is -2.43. The molecule has 6 atom stereocenters. The number of likely N-dealkylation sites (tertiary alicyclic amines) is 1. The van der Waals surface area contributed by atoms with E-state index < -0.39 is 29.6 Å². The van der Waals surface area contributed by atoms with Crippen LogP contribution in [0, 0.1) is 39.9 Å². The van der Waals surface area contributed by atoms with Gasteiger partial charge in [-0.05, 0) is 103 Å². The van der Waals surface area contributed by atoms with Gasteiger partial charge in [0.25, 0.3) is 0 Å². The monoisotopic (exact) mass is 766 g/mol. The Hall–Kier alpha value is -3.17. The van der Waals surface area contributed by atoms with Crippen LogP contribution in [0.25, 0.3) is 0 Å². The highest BCUT2D eigenvalue weighted by Crippen LogP contribution is 2.65. The standard InChI is InChI=1S/C43H69N5O5.C2H6/c1-9-10-14-27(2)36(50)31(20-19-28-15-16-28)45-38(51)35-34-30(42(34,6)7)26-48(35)39(52)37(43(8)23-12-11-13-24-43)47-40(53)46-32(41(3,4)5)21-22-33(49)44-25-29-17-18-29;1-2/h9,28-32,34-35,37H,1-2,10-26H2,3-8H3,(H,44,49)(H,45,51)(H2,46,47,53);1-2H3/t30-,31?,32?,34-,35?,37?;/m0./s1. The Bertz CT molecular complexity index is 1400. The van der Waals surface area contributed by atoms with Crippen molar-refractivity contribution in [3.63, 3.8) is 0 Å². The van der Waals surface area contributed by atoms with E-state index in [1.54, 1.807) is 11.0 Å². The van der Waals surface area contributed by atoms with E-state index in [4.69, 9.17) is 0 Å². The van der Waals surface area contributed by atoms with Gasteiger partial charge >= 0.3 is 6.03 Å². The number of carbonyl (C=O) groups excluding carboxylic acids is 5. The van der Waals surface area contributed by atoms with Crippen LogP contribution in [-0.4, -0.2) is 71.7 Å². The number of hydrogen-bond donors (Lipinski definition) is 4. The van der Waals surface area contributed by atoms with Gasteiger partial charge in [0.2, 0.25) is 17.7 Å². The predicted molar refractivity (Wildman–Crippen MR) is 220 cm³/mol. The minimum atomic E-state index is -0.827. The number of amides is 5. The number of hydrogen-bond acceptors (Lipinski definition) is 5. The summed E-state index contributed by atoms with van der Waals surface area (Å²) in [6.45, 7) is 25.5. The third-order valence-electron chi connectivity index (χ3n) is 13.5. The van der Waals surface area contributed by atoms with Crippen molar-refractivity contribution < 1.29 is 24.0 Å². The highest BCUT2D eigenvalue weighted by atomic mass is 16.2. The molecule has 5 aliphatic rings. The van der Waals surface area contributed by atoms with E-state index in [0.717, 1.165) is 51.4 Å². The first-order valence-electron chi connectivity index (χ1n) is 21.7. The molecule has 55 heavy (non-hydrogen) atoms. The average Bonchev–Trinajstić information content (AvgIpc) is 4.10. The molecule has 0 bridgehead atoms. The normalized spacial score (nSPS) is 25.1. The van der Waals surface area contributed by atoms with E-state index in [9.17, 15) is 24.0 Å². The summed E-state index contributed by atoms with van der Waals surface area (Å²) >= 11 is 0. The van der Waals surface area contributed by atoms with Crippen LogP contribution in [0.5, 0.6) is 0 Å². The zero-order chi connectivity index (χ0) is 40.7. The molecule has 10 heteroatoms. The Morgan fingerprint density at radius 3 is 2.09 bits per heavy atom. The summed E-state index contributed by atoms with van der Waals surface area (Å²) in [6, 6.07) is -2.96. The first-order chi connectivity index (χ1) is 26.0. The Morgan fingerprint density at radius 2 is 1.51 bits per heavy atom.